The highest BCUT2D eigenvalue weighted by molar-refractivity contribution is 7.19. The number of anilines is 3. The van der Waals surface area contributed by atoms with Gasteiger partial charge in [0.15, 0.2) is 11.2 Å². The van der Waals surface area contributed by atoms with Crippen molar-refractivity contribution >= 4 is 50.6 Å². The summed E-state index contributed by atoms with van der Waals surface area (Å²) >= 11 is 0.746. The SMILES string of the molecule is CC(=O)Nc1cc(NCCOC(C)C(=O)OC(C)(C)C)ccc1C(=O)Nc1nc(C)c([N+](=O)[O-])s1. The molecule has 0 aliphatic carbocycles. The van der Waals surface area contributed by atoms with E-state index in [0.717, 1.165) is 11.3 Å². The van der Waals surface area contributed by atoms with Gasteiger partial charge in [-0.2, -0.15) is 0 Å². The molecule has 12 nitrogen and oxygen atoms in total. The number of carbonyl (C=O) groups is 3. The van der Waals surface area contributed by atoms with Gasteiger partial charge in [-0.05, 0) is 64.2 Å². The monoisotopic (exact) mass is 507 g/mol. The third-order valence-electron chi connectivity index (χ3n) is 4.27. The fourth-order valence-electron chi connectivity index (χ4n) is 2.80. The minimum atomic E-state index is -0.734. The van der Waals surface area contributed by atoms with E-state index in [1.54, 1.807) is 39.8 Å². The maximum Gasteiger partial charge on any atom is 0.348 e. The summed E-state index contributed by atoms with van der Waals surface area (Å²) in [4.78, 5) is 50.9. The van der Waals surface area contributed by atoms with Gasteiger partial charge in [-0.1, -0.05) is 0 Å². The molecule has 1 atom stereocenters. The summed E-state index contributed by atoms with van der Waals surface area (Å²) in [5.41, 5.74) is 0.579. The molecule has 0 aliphatic heterocycles. The zero-order valence-corrected chi connectivity index (χ0v) is 21.2. The Hall–Kier alpha value is -3.58. The average Bonchev–Trinajstić information content (AvgIpc) is 3.09. The summed E-state index contributed by atoms with van der Waals surface area (Å²) < 4.78 is 10.8. The largest absolute Gasteiger partial charge is 0.458 e. The highest BCUT2D eigenvalue weighted by Gasteiger charge is 2.23. The number of benzene rings is 1. The normalized spacial score (nSPS) is 11.9. The first-order valence-corrected chi connectivity index (χ1v) is 11.5. The molecule has 1 unspecified atom stereocenters. The highest BCUT2D eigenvalue weighted by atomic mass is 32.1. The first-order valence-electron chi connectivity index (χ1n) is 10.7. The number of amides is 2. The van der Waals surface area contributed by atoms with Gasteiger partial charge >= 0.3 is 11.0 Å². The zero-order valence-electron chi connectivity index (χ0n) is 20.4. The molecule has 1 aromatic carbocycles. The molecule has 0 saturated carbocycles. The number of nitro groups is 1. The Bertz CT molecular complexity index is 1110. The summed E-state index contributed by atoms with van der Waals surface area (Å²) in [6.45, 7) is 10.3. The lowest BCUT2D eigenvalue weighted by molar-refractivity contribution is -0.380. The van der Waals surface area contributed by atoms with Gasteiger partial charge in [0, 0.05) is 19.2 Å². The molecule has 0 spiro atoms. The van der Waals surface area contributed by atoms with Crippen molar-refractivity contribution in [2.45, 2.75) is 53.2 Å². The van der Waals surface area contributed by atoms with Gasteiger partial charge in [-0.15, -0.1) is 0 Å². The molecule has 0 saturated heterocycles. The molecule has 0 aliphatic rings. The van der Waals surface area contributed by atoms with Crippen molar-refractivity contribution in [3.8, 4) is 0 Å². The fraction of sp³-hybridized carbons (Fsp3) is 0.455. The number of aromatic nitrogens is 1. The number of carbonyl (C=O) groups excluding carboxylic acids is 3. The molecule has 0 bridgehead atoms. The van der Waals surface area contributed by atoms with E-state index in [1.165, 1.54) is 19.9 Å². The maximum atomic E-state index is 12.8. The van der Waals surface area contributed by atoms with Crippen LogP contribution in [0.3, 0.4) is 0 Å². The molecule has 2 amide bonds. The molecule has 190 valence electrons. The van der Waals surface area contributed by atoms with Gasteiger partial charge in [0.1, 0.15) is 11.3 Å². The minimum Gasteiger partial charge on any atom is -0.458 e. The molecule has 0 radical (unpaired) electrons. The lowest BCUT2D eigenvalue weighted by Gasteiger charge is -2.22. The van der Waals surface area contributed by atoms with E-state index in [0.29, 0.717) is 12.2 Å². The average molecular weight is 508 g/mol. The number of nitrogens with one attached hydrogen (secondary N) is 3. The number of nitrogens with zero attached hydrogens (tertiary/aromatic N) is 2. The van der Waals surface area contributed by atoms with Crippen molar-refractivity contribution in [2.75, 3.05) is 29.1 Å². The number of esters is 1. The van der Waals surface area contributed by atoms with Crippen LogP contribution in [0.15, 0.2) is 18.2 Å². The van der Waals surface area contributed by atoms with Crippen LogP contribution >= 0.6 is 11.3 Å². The quantitative estimate of drug-likeness (QED) is 0.188. The third-order valence-corrected chi connectivity index (χ3v) is 5.30. The summed E-state index contributed by atoms with van der Waals surface area (Å²) in [6.07, 6.45) is -0.734. The van der Waals surface area contributed by atoms with Crippen LogP contribution < -0.4 is 16.0 Å². The van der Waals surface area contributed by atoms with Gasteiger partial charge in [-0.25, -0.2) is 9.78 Å². The minimum absolute atomic E-state index is 0.0754. The van der Waals surface area contributed by atoms with Gasteiger partial charge in [0.05, 0.1) is 22.8 Å². The molecular weight excluding hydrogens is 478 g/mol. The number of hydrogen-bond donors (Lipinski definition) is 3. The number of thiazole rings is 1. The lowest BCUT2D eigenvalue weighted by Crippen LogP contribution is -2.32. The molecule has 1 aromatic heterocycles. The fourth-order valence-corrected chi connectivity index (χ4v) is 3.58. The first-order chi connectivity index (χ1) is 16.3. The topological polar surface area (TPSA) is 162 Å². The predicted molar refractivity (Wildman–Crippen MR) is 132 cm³/mol. The van der Waals surface area contributed by atoms with Gasteiger partial charge in [0.25, 0.3) is 5.91 Å². The van der Waals surface area contributed by atoms with E-state index >= 15 is 0 Å². The Morgan fingerprint density at radius 3 is 2.49 bits per heavy atom. The Morgan fingerprint density at radius 2 is 1.91 bits per heavy atom. The number of hydrogen-bond acceptors (Lipinski definition) is 10. The molecule has 3 N–H and O–H groups in total. The Balaban J connectivity index is 2.03. The maximum absolute atomic E-state index is 12.8. The number of ether oxygens (including phenoxy) is 2. The van der Waals surface area contributed by atoms with Crippen LogP contribution in [0, 0.1) is 17.0 Å². The van der Waals surface area contributed by atoms with Crippen molar-refractivity contribution < 1.29 is 28.8 Å². The molecule has 0 fully saturated rings. The second kappa shape index (κ2) is 11.7. The smallest absolute Gasteiger partial charge is 0.348 e. The van der Waals surface area contributed by atoms with Crippen molar-refractivity contribution in [1.29, 1.82) is 0 Å². The van der Waals surface area contributed by atoms with Crippen LogP contribution in [0.25, 0.3) is 0 Å². The highest BCUT2D eigenvalue weighted by Crippen LogP contribution is 2.30. The number of rotatable bonds is 10. The first kappa shape index (κ1) is 27.7. The van der Waals surface area contributed by atoms with Gasteiger partial charge < -0.3 is 20.1 Å². The Morgan fingerprint density at radius 1 is 1.23 bits per heavy atom. The van der Waals surface area contributed by atoms with Crippen LogP contribution in [0.5, 0.6) is 0 Å². The molecule has 2 aromatic rings. The van der Waals surface area contributed by atoms with Crippen molar-refractivity contribution in [3.63, 3.8) is 0 Å². The Kier molecular flexibility index (Phi) is 9.25. The van der Waals surface area contributed by atoms with E-state index in [1.807, 2.05) is 0 Å². The summed E-state index contributed by atoms with van der Waals surface area (Å²) in [5.74, 6) is -1.42. The van der Waals surface area contributed by atoms with E-state index < -0.39 is 28.5 Å². The van der Waals surface area contributed by atoms with Crippen molar-refractivity contribution in [1.82, 2.24) is 4.98 Å². The molecule has 13 heteroatoms. The van der Waals surface area contributed by atoms with Crippen molar-refractivity contribution in [3.05, 3.63) is 39.6 Å². The number of aryl methyl sites for hydroxylation is 1. The van der Waals surface area contributed by atoms with Crippen molar-refractivity contribution in [2.24, 2.45) is 0 Å². The summed E-state index contributed by atoms with van der Waals surface area (Å²) in [5, 5.41) is 19.2. The zero-order chi connectivity index (χ0) is 26.3. The van der Waals surface area contributed by atoms with Crippen LogP contribution in [0.4, 0.5) is 21.5 Å². The second-order valence-electron chi connectivity index (χ2n) is 8.54. The standard InChI is InChI=1S/C22H29N5O7S/c1-12-19(27(31)32)35-21(24-12)26-18(29)16-8-7-15(11-17(16)25-14(3)28)23-9-10-33-13(2)20(30)34-22(4,5)6/h7-8,11,13,23H,9-10H2,1-6H3,(H,25,28)(H,24,26,29). The van der Waals surface area contributed by atoms with E-state index in [4.69, 9.17) is 9.47 Å². The van der Waals surface area contributed by atoms with E-state index in [9.17, 15) is 24.5 Å². The third kappa shape index (κ3) is 8.61. The van der Waals surface area contributed by atoms with Crippen LogP contribution in [-0.2, 0) is 19.1 Å². The van der Waals surface area contributed by atoms with E-state index in [2.05, 4.69) is 20.9 Å². The van der Waals surface area contributed by atoms with Crippen LogP contribution in [0.1, 0.15) is 50.7 Å². The predicted octanol–water partition coefficient (Wildman–Crippen LogP) is 3.73. The summed E-state index contributed by atoms with van der Waals surface area (Å²) in [7, 11) is 0. The Labute approximate surface area is 206 Å². The second-order valence-corrected chi connectivity index (χ2v) is 9.51. The molecule has 2 rings (SSSR count). The van der Waals surface area contributed by atoms with Gasteiger partial charge in [-0.3, -0.25) is 25.0 Å². The van der Waals surface area contributed by atoms with Gasteiger partial charge in [0.2, 0.25) is 5.91 Å². The van der Waals surface area contributed by atoms with Crippen LogP contribution in [-0.4, -0.2) is 52.5 Å². The molecule has 35 heavy (non-hydrogen) atoms. The summed E-state index contributed by atoms with van der Waals surface area (Å²) in [6, 6.07) is 4.71. The molecular formula is C22H29N5O7S. The lowest BCUT2D eigenvalue weighted by atomic mass is 10.1. The van der Waals surface area contributed by atoms with Crippen LogP contribution in [0.2, 0.25) is 0 Å². The van der Waals surface area contributed by atoms with E-state index in [-0.39, 0.29) is 39.6 Å². The molecule has 1 heterocycles.